The van der Waals surface area contributed by atoms with E-state index in [-0.39, 0.29) is 31.4 Å². The smallest absolute Gasteiger partial charge is 0.448 e. The van der Waals surface area contributed by atoms with Crippen LogP contribution < -0.4 is 4.74 Å². The fraction of sp³-hybridized carbons (Fsp3) is 0.231. The van der Waals surface area contributed by atoms with Crippen LogP contribution in [-0.4, -0.2) is 42.7 Å². The molecule has 1 atom stereocenters. The molecule has 1 heterocycles. The third-order valence-corrected chi connectivity index (χ3v) is 6.15. The first-order valence-corrected chi connectivity index (χ1v) is 10.9. The van der Waals surface area contributed by atoms with Gasteiger partial charge in [0.2, 0.25) is 0 Å². The Morgan fingerprint density at radius 1 is 0.943 bits per heavy atom. The molecule has 0 unspecified atom stereocenters. The van der Waals surface area contributed by atoms with E-state index in [1.54, 1.807) is 0 Å². The van der Waals surface area contributed by atoms with Crippen LogP contribution in [0.4, 0.5) is 18.0 Å². The van der Waals surface area contributed by atoms with Crippen LogP contribution in [0.15, 0.2) is 72.8 Å². The van der Waals surface area contributed by atoms with Gasteiger partial charge in [-0.05, 0) is 39.9 Å². The number of hydrogen-bond acceptors (Lipinski definition) is 5. The number of fused-ring (bicyclic) bond motifs is 3. The van der Waals surface area contributed by atoms with Crippen LogP contribution in [0.5, 0.6) is 5.75 Å². The van der Waals surface area contributed by atoms with Gasteiger partial charge in [-0.3, -0.25) is 4.90 Å². The van der Waals surface area contributed by atoms with E-state index in [0.29, 0.717) is 5.56 Å². The van der Waals surface area contributed by atoms with E-state index in [0.717, 1.165) is 34.4 Å². The van der Waals surface area contributed by atoms with Crippen LogP contribution in [0, 0.1) is 0 Å². The molecular weight excluding hydrogens is 463 g/mol. The molecule has 3 aromatic rings. The minimum absolute atomic E-state index is 0.0648. The molecule has 0 aromatic heterocycles. The Bertz CT molecular complexity index is 1210. The van der Waals surface area contributed by atoms with E-state index in [9.17, 15) is 22.8 Å². The molecule has 0 radical (unpaired) electrons. The first-order valence-electron chi connectivity index (χ1n) is 10.9. The lowest BCUT2D eigenvalue weighted by Gasteiger charge is -2.21. The number of carbonyl (C=O) groups excluding carboxylic acids is 2. The lowest BCUT2D eigenvalue weighted by molar-refractivity contribution is -0.274. The monoisotopic (exact) mass is 483 g/mol. The summed E-state index contributed by atoms with van der Waals surface area (Å²) in [6.45, 7) is -0.164. The second-order valence-corrected chi connectivity index (χ2v) is 8.28. The largest absolute Gasteiger partial charge is 0.573 e. The molecule has 5 rings (SSSR count). The van der Waals surface area contributed by atoms with Gasteiger partial charge in [-0.1, -0.05) is 60.7 Å². The second-order valence-electron chi connectivity index (χ2n) is 8.28. The molecule has 1 amide bonds. The first-order chi connectivity index (χ1) is 16.8. The van der Waals surface area contributed by atoms with Gasteiger partial charge < -0.3 is 14.2 Å². The van der Waals surface area contributed by atoms with Crippen molar-refractivity contribution in [3.05, 3.63) is 89.5 Å². The van der Waals surface area contributed by atoms with Crippen LogP contribution in [0.25, 0.3) is 11.1 Å². The second kappa shape index (κ2) is 8.98. The summed E-state index contributed by atoms with van der Waals surface area (Å²) in [6, 6.07) is 20.0. The van der Waals surface area contributed by atoms with Crippen LogP contribution in [-0.2, 0) is 20.7 Å². The highest BCUT2D eigenvalue weighted by Crippen LogP contribution is 2.44. The molecule has 180 valence electrons. The minimum Gasteiger partial charge on any atom is -0.448 e. The third-order valence-electron chi connectivity index (χ3n) is 6.15. The fourth-order valence-electron chi connectivity index (χ4n) is 4.55. The number of amides is 1. The van der Waals surface area contributed by atoms with E-state index < -0.39 is 24.5 Å². The predicted octanol–water partition coefficient (Wildman–Crippen LogP) is 5.26. The zero-order chi connectivity index (χ0) is 24.6. The third kappa shape index (κ3) is 4.66. The molecule has 35 heavy (non-hydrogen) atoms. The summed E-state index contributed by atoms with van der Waals surface area (Å²) in [5.74, 6) is -1.11. The summed E-state index contributed by atoms with van der Waals surface area (Å²) in [4.78, 5) is 26.4. The Morgan fingerprint density at radius 2 is 1.54 bits per heavy atom. The fourth-order valence-corrected chi connectivity index (χ4v) is 4.55. The van der Waals surface area contributed by atoms with Gasteiger partial charge in [0.15, 0.2) is 6.73 Å². The lowest BCUT2D eigenvalue weighted by atomic mass is 9.98. The highest BCUT2D eigenvalue weighted by atomic mass is 19.4. The Kier molecular flexibility index (Phi) is 5.84. The van der Waals surface area contributed by atoms with Gasteiger partial charge in [-0.2, -0.15) is 0 Å². The van der Waals surface area contributed by atoms with Crippen LogP contribution in [0.2, 0.25) is 0 Å². The number of ether oxygens (including phenoxy) is 3. The summed E-state index contributed by atoms with van der Waals surface area (Å²) in [5.41, 5.74) is 4.86. The zero-order valence-electron chi connectivity index (χ0n) is 18.3. The van der Waals surface area contributed by atoms with Gasteiger partial charge in [-0.25, -0.2) is 9.59 Å². The Hall–Kier alpha value is -4.01. The molecule has 0 N–H and O–H groups in total. The summed E-state index contributed by atoms with van der Waals surface area (Å²) in [6.07, 6.45) is -5.42. The predicted molar refractivity (Wildman–Crippen MR) is 118 cm³/mol. The molecule has 3 aromatic carbocycles. The van der Waals surface area contributed by atoms with Crippen molar-refractivity contribution >= 4 is 12.1 Å². The van der Waals surface area contributed by atoms with Gasteiger partial charge in [0.05, 0.1) is 0 Å². The Labute approximate surface area is 198 Å². The summed E-state index contributed by atoms with van der Waals surface area (Å²) in [5, 5.41) is 0. The van der Waals surface area contributed by atoms with Crippen molar-refractivity contribution < 1.29 is 37.0 Å². The summed E-state index contributed by atoms with van der Waals surface area (Å²) in [7, 11) is 0. The standard InChI is InChI=1S/C26H20F3NO5/c27-26(28,29)35-17-11-9-16(10-12-17)13-23-24(31)34-15-30(23)25(32)33-14-22-20-7-3-1-5-18(20)19-6-2-4-8-21(19)22/h1-12,22-23H,13-15H2/t23-/m0/s1. The lowest BCUT2D eigenvalue weighted by Crippen LogP contribution is -2.40. The van der Waals surface area contributed by atoms with E-state index in [1.165, 1.54) is 17.0 Å². The number of nitrogens with zero attached hydrogens (tertiary/aromatic N) is 1. The molecule has 2 aliphatic rings. The molecule has 1 saturated heterocycles. The first kappa shape index (κ1) is 22.8. The van der Waals surface area contributed by atoms with Crippen molar-refractivity contribution in [3.8, 4) is 16.9 Å². The number of hydrogen-bond donors (Lipinski definition) is 0. The van der Waals surface area contributed by atoms with Crippen LogP contribution in [0.1, 0.15) is 22.6 Å². The minimum atomic E-state index is -4.79. The van der Waals surface area contributed by atoms with Crippen molar-refractivity contribution in [3.63, 3.8) is 0 Å². The number of alkyl halides is 3. The number of halogens is 3. The normalized spacial score (nSPS) is 17.1. The highest BCUT2D eigenvalue weighted by Gasteiger charge is 2.40. The Morgan fingerprint density at radius 3 is 2.14 bits per heavy atom. The maximum Gasteiger partial charge on any atom is 0.573 e. The van der Waals surface area contributed by atoms with Crippen molar-refractivity contribution in [2.75, 3.05) is 13.3 Å². The zero-order valence-corrected chi connectivity index (χ0v) is 18.3. The average molecular weight is 483 g/mol. The van der Waals surface area contributed by atoms with E-state index in [4.69, 9.17) is 9.47 Å². The molecule has 9 heteroatoms. The van der Waals surface area contributed by atoms with E-state index >= 15 is 0 Å². The molecule has 1 aliphatic carbocycles. The number of cyclic esters (lactones) is 1. The molecule has 1 aliphatic heterocycles. The van der Waals surface area contributed by atoms with E-state index in [2.05, 4.69) is 4.74 Å². The number of carbonyl (C=O) groups is 2. The molecule has 0 bridgehead atoms. The topological polar surface area (TPSA) is 65.1 Å². The van der Waals surface area contributed by atoms with Gasteiger partial charge in [0.25, 0.3) is 0 Å². The van der Waals surface area contributed by atoms with Crippen molar-refractivity contribution in [1.29, 1.82) is 0 Å². The quantitative estimate of drug-likeness (QED) is 0.463. The van der Waals surface area contributed by atoms with Crippen molar-refractivity contribution in [2.24, 2.45) is 0 Å². The van der Waals surface area contributed by atoms with Gasteiger partial charge in [-0.15, -0.1) is 13.2 Å². The molecular formula is C26H20F3NO5. The van der Waals surface area contributed by atoms with E-state index in [1.807, 2.05) is 48.5 Å². The summed E-state index contributed by atoms with van der Waals surface area (Å²) >= 11 is 0. The van der Waals surface area contributed by atoms with Crippen LogP contribution >= 0.6 is 0 Å². The average Bonchev–Trinajstić information content (AvgIpc) is 3.36. The molecule has 0 saturated carbocycles. The molecule has 1 fully saturated rings. The molecule has 6 nitrogen and oxygen atoms in total. The maximum atomic E-state index is 12.9. The van der Waals surface area contributed by atoms with Gasteiger partial charge in [0.1, 0.15) is 18.4 Å². The van der Waals surface area contributed by atoms with Crippen LogP contribution in [0.3, 0.4) is 0 Å². The maximum absolute atomic E-state index is 12.9. The molecule has 0 spiro atoms. The Balaban J connectivity index is 1.26. The SMILES string of the molecule is O=C1OCN(C(=O)OCC2c3ccccc3-c3ccccc32)[C@H]1Cc1ccc(OC(F)(F)F)cc1. The summed E-state index contributed by atoms with van der Waals surface area (Å²) < 4.78 is 51.6. The van der Waals surface area contributed by atoms with Gasteiger partial charge in [0, 0.05) is 12.3 Å². The highest BCUT2D eigenvalue weighted by molar-refractivity contribution is 5.84. The van der Waals surface area contributed by atoms with Crippen molar-refractivity contribution in [2.45, 2.75) is 24.7 Å². The van der Waals surface area contributed by atoms with Crippen molar-refractivity contribution in [1.82, 2.24) is 4.90 Å². The number of benzene rings is 3. The number of rotatable bonds is 5. The number of esters is 1. The van der Waals surface area contributed by atoms with Gasteiger partial charge >= 0.3 is 18.4 Å².